The van der Waals surface area contributed by atoms with Crippen molar-refractivity contribution in [3.05, 3.63) is 47.5 Å². The number of rotatable bonds is 6. The summed E-state index contributed by atoms with van der Waals surface area (Å²) in [5.74, 6) is -0.427. The molecular formula is C21H26O4. The molecule has 1 fully saturated rings. The van der Waals surface area contributed by atoms with Gasteiger partial charge in [-0.1, -0.05) is 42.0 Å². The molecule has 0 amide bonds. The monoisotopic (exact) mass is 342 g/mol. The number of carbonyl (C=O) groups excluding carboxylic acids is 2. The molecule has 25 heavy (non-hydrogen) atoms. The molecule has 3 rings (SSSR count). The molecular weight excluding hydrogens is 316 g/mol. The number of hydrogen-bond donors (Lipinski definition) is 0. The first-order valence-electron chi connectivity index (χ1n) is 9.00. The van der Waals surface area contributed by atoms with Crippen LogP contribution < -0.4 is 0 Å². The van der Waals surface area contributed by atoms with E-state index in [0.29, 0.717) is 13.2 Å². The van der Waals surface area contributed by atoms with Gasteiger partial charge in [0.1, 0.15) is 11.9 Å². The Morgan fingerprint density at radius 3 is 2.64 bits per heavy atom. The first-order valence-corrected chi connectivity index (χ1v) is 9.00. The molecule has 0 radical (unpaired) electrons. The van der Waals surface area contributed by atoms with Gasteiger partial charge in [-0.25, -0.2) is 0 Å². The Labute approximate surface area is 149 Å². The Balaban J connectivity index is 1.66. The van der Waals surface area contributed by atoms with E-state index in [1.165, 1.54) is 0 Å². The van der Waals surface area contributed by atoms with Gasteiger partial charge in [-0.05, 0) is 38.7 Å². The molecule has 1 heterocycles. The number of Topliss-reactive ketones (excluding diaryl/α,β-unsaturated/α-hetero) is 1. The third-order valence-electron chi connectivity index (χ3n) is 5.56. The van der Waals surface area contributed by atoms with Crippen LogP contribution in [0.1, 0.15) is 32.8 Å². The van der Waals surface area contributed by atoms with E-state index >= 15 is 0 Å². The fourth-order valence-corrected chi connectivity index (χ4v) is 4.38. The third-order valence-corrected chi connectivity index (χ3v) is 5.56. The quantitative estimate of drug-likeness (QED) is 0.451. The maximum atomic E-state index is 12.4. The lowest BCUT2D eigenvalue weighted by Crippen LogP contribution is -2.40. The molecule has 1 aliphatic heterocycles. The number of cyclic esters (lactones) is 1. The molecule has 1 aromatic carbocycles. The molecule has 0 N–H and O–H groups in total. The van der Waals surface area contributed by atoms with E-state index in [0.717, 1.165) is 17.6 Å². The standard InChI is InChI=1S/C21H26O4/c1-13-11-18-20(15(3)25-21(18)23)19(14(2)22)17(13)9-10-24-12-16-7-5-4-6-8-16/h4-8,11,15,17-20H,9-10,12H2,1-3H3/t15-,17-,18-,19+,20-/m1/s1. The molecule has 4 nitrogen and oxygen atoms in total. The predicted octanol–water partition coefficient (Wildman–Crippen LogP) is 3.55. The van der Waals surface area contributed by atoms with E-state index < -0.39 is 0 Å². The Morgan fingerprint density at radius 2 is 1.96 bits per heavy atom. The molecule has 4 heteroatoms. The molecule has 0 unspecified atom stereocenters. The van der Waals surface area contributed by atoms with Gasteiger partial charge in [0, 0.05) is 18.4 Å². The summed E-state index contributed by atoms with van der Waals surface area (Å²) in [7, 11) is 0. The number of benzene rings is 1. The van der Waals surface area contributed by atoms with Gasteiger partial charge < -0.3 is 9.47 Å². The van der Waals surface area contributed by atoms with Crippen molar-refractivity contribution in [2.45, 2.75) is 39.9 Å². The molecule has 0 saturated carbocycles. The van der Waals surface area contributed by atoms with Crippen molar-refractivity contribution in [3.8, 4) is 0 Å². The summed E-state index contributed by atoms with van der Waals surface area (Å²) in [6.45, 7) is 6.72. The van der Waals surface area contributed by atoms with E-state index in [4.69, 9.17) is 9.47 Å². The lowest BCUT2D eigenvalue weighted by molar-refractivity contribution is -0.142. The van der Waals surface area contributed by atoms with E-state index in [-0.39, 0.29) is 41.5 Å². The van der Waals surface area contributed by atoms with Crippen molar-refractivity contribution in [1.29, 1.82) is 0 Å². The predicted molar refractivity (Wildman–Crippen MR) is 94.7 cm³/mol. The van der Waals surface area contributed by atoms with Gasteiger partial charge in [0.2, 0.25) is 0 Å². The number of carbonyl (C=O) groups is 2. The zero-order valence-electron chi connectivity index (χ0n) is 15.1. The highest BCUT2D eigenvalue weighted by molar-refractivity contribution is 5.84. The second kappa shape index (κ2) is 7.52. The summed E-state index contributed by atoms with van der Waals surface area (Å²) in [6.07, 6.45) is 2.59. The summed E-state index contributed by atoms with van der Waals surface area (Å²) in [5.41, 5.74) is 2.25. The fourth-order valence-electron chi connectivity index (χ4n) is 4.38. The van der Waals surface area contributed by atoms with Crippen LogP contribution in [0.4, 0.5) is 0 Å². The van der Waals surface area contributed by atoms with Crippen LogP contribution in [0.3, 0.4) is 0 Å². The van der Waals surface area contributed by atoms with Crippen LogP contribution in [0.25, 0.3) is 0 Å². The molecule has 0 spiro atoms. The summed E-state index contributed by atoms with van der Waals surface area (Å²) in [5, 5.41) is 0. The number of hydrogen-bond acceptors (Lipinski definition) is 4. The largest absolute Gasteiger partial charge is 0.462 e. The van der Waals surface area contributed by atoms with Gasteiger partial charge in [-0.3, -0.25) is 9.59 Å². The molecule has 1 aliphatic carbocycles. The fraction of sp³-hybridized carbons (Fsp3) is 0.524. The Hall–Kier alpha value is -1.94. The van der Waals surface area contributed by atoms with Crippen LogP contribution in [-0.4, -0.2) is 24.5 Å². The summed E-state index contributed by atoms with van der Waals surface area (Å²) >= 11 is 0. The summed E-state index contributed by atoms with van der Waals surface area (Å²) < 4.78 is 11.2. The summed E-state index contributed by atoms with van der Waals surface area (Å²) in [4.78, 5) is 24.4. The van der Waals surface area contributed by atoms with Crippen molar-refractivity contribution in [1.82, 2.24) is 0 Å². The van der Waals surface area contributed by atoms with Crippen LogP contribution in [0.5, 0.6) is 0 Å². The Kier molecular flexibility index (Phi) is 5.38. The zero-order valence-corrected chi connectivity index (χ0v) is 15.1. The first kappa shape index (κ1) is 17.9. The minimum Gasteiger partial charge on any atom is -0.462 e. The van der Waals surface area contributed by atoms with Gasteiger partial charge in [0.15, 0.2) is 0 Å². The normalized spacial score (nSPS) is 31.2. The van der Waals surface area contributed by atoms with E-state index in [1.807, 2.05) is 50.3 Å². The van der Waals surface area contributed by atoms with Crippen LogP contribution in [0.15, 0.2) is 42.0 Å². The van der Waals surface area contributed by atoms with Gasteiger partial charge in [-0.15, -0.1) is 0 Å². The smallest absolute Gasteiger partial charge is 0.313 e. The molecule has 134 valence electrons. The van der Waals surface area contributed by atoms with E-state index in [2.05, 4.69) is 0 Å². The Morgan fingerprint density at radius 1 is 1.24 bits per heavy atom. The van der Waals surface area contributed by atoms with Gasteiger partial charge in [0.25, 0.3) is 0 Å². The third kappa shape index (κ3) is 3.69. The topological polar surface area (TPSA) is 52.6 Å². The highest BCUT2D eigenvalue weighted by Gasteiger charge is 2.51. The maximum absolute atomic E-state index is 12.4. The maximum Gasteiger partial charge on any atom is 0.313 e. The second-order valence-corrected chi connectivity index (χ2v) is 7.23. The number of allylic oxidation sites excluding steroid dienone is 1. The molecule has 2 aliphatic rings. The number of fused-ring (bicyclic) bond motifs is 1. The van der Waals surface area contributed by atoms with Crippen molar-refractivity contribution in [3.63, 3.8) is 0 Å². The molecule has 0 bridgehead atoms. The van der Waals surface area contributed by atoms with Crippen molar-refractivity contribution in [2.24, 2.45) is 23.7 Å². The van der Waals surface area contributed by atoms with Crippen LogP contribution in [0, 0.1) is 23.7 Å². The van der Waals surface area contributed by atoms with Crippen molar-refractivity contribution >= 4 is 11.8 Å². The number of ketones is 1. The molecule has 1 saturated heterocycles. The van der Waals surface area contributed by atoms with Crippen molar-refractivity contribution in [2.75, 3.05) is 6.61 Å². The summed E-state index contributed by atoms with van der Waals surface area (Å²) in [6, 6.07) is 10.1. The zero-order chi connectivity index (χ0) is 18.0. The average molecular weight is 342 g/mol. The SMILES string of the molecule is CC(=O)[C@@H]1[C@@H]2[C@@H](C)OC(=O)[C@@H]2C=C(C)[C@H]1CCOCc1ccccc1. The Bertz CT molecular complexity index is 664. The van der Waals surface area contributed by atoms with E-state index in [1.54, 1.807) is 6.92 Å². The molecule has 1 aromatic rings. The number of ether oxygens (including phenoxy) is 2. The van der Waals surface area contributed by atoms with Crippen LogP contribution in [-0.2, 0) is 25.7 Å². The second-order valence-electron chi connectivity index (χ2n) is 7.23. The van der Waals surface area contributed by atoms with Crippen molar-refractivity contribution < 1.29 is 19.1 Å². The first-order chi connectivity index (χ1) is 12.0. The minimum atomic E-state index is -0.273. The van der Waals surface area contributed by atoms with Gasteiger partial charge in [-0.2, -0.15) is 0 Å². The van der Waals surface area contributed by atoms with Crippen LogP contribution >= 0.6 is 0 Å². The highest BCUT2D eigenvalue weighted by atomic mass is 16.6. The van der Waals surface area contributed by atoms with E-state index in [9.17, 15) is 9.59 Å². The highest BCUT2D eigenvalue weighted by Crippen LogP contribution is 2.46. The average Bonchev–Trinajstić information content (AvgIpc) is 2.86. The lowest BCUT2D eigenvalue weighted by atomic mass is 9.64. The van der Waals surface area contributed by atoms with Crippen LogP contribution in [0.2, 0.25) is 0 Å². The van der Waals surface area contributed by atoms with Gasteiger partial charge in [0.05, 0.1) is 12.5 Å². The molecule has 5 atom stereocenters. The lowest BCUT2D eigenvalue weighted by Gasteiger charge is -2.37. The van der Waals surface area contributed by atoms with Gasteiger partial charge >= 0.3 is 5.97 Å². The number of esters is 1. The minimum absolute atomic E-state index is 0.0483. The molecule has 0 aromatic heterocycles.